The topological polar surface area (TPSA) is 51.8 Å². The Morgan fingerprint density at radius 1 is 1.28 bits per heavy atom. The molecule has 0 aliphatic carbocycles. The number of hydrazine groups is 1. The molecule has 2 aliphatic heterocycles. The van der Waals surface area contributed by atoms with Crippen molar-refractivity contribution in [2.45, 2.75) is 6.92 Å². The monoisotopic (exact) mass is 257 g/mol. The Kier molecular flexibility index (Phi) is 2.56. The molecule has 90 valence electrons. The van der Waals surface area contributed by atoms with Crippen LogP contribution in [0, 0.1) is 0 Å². The molecule has 1 aromatic carbocycles. The van der Waals surface area contributed by atoms with Gasteiger partial charge in [0.05, 0.1) is 6.21 Å². The second kappa shape index (κ2) is 4.23. The first-order valence-electron chi connectivity index (χ1n) is 5.50. The van der Waals surface area contributed by atoms with Gasteiger partial charge in [0.1, 0.15) is 5.70 Å². The first kappa shape index (κ1) is 10.9. The molecule has 2 N–H and O–H groups in total. The van der Waals surface area contributed by atoms with E-state index in [0.717, 1.165) is 28.2 Å². The lowest BCUT2D eigenvalue weighted by Gasteiger charge is -2.03. The summed E-state index contributed by atoms with van der Waals surface area (Å²) in [5.74, 6) is 0. The normalized spacial score (nSPS) is 21.4. The lowest BCUT2D eigenvalue weighted by atomic mass is 10.1. The maximum Gasteiger partial charge on any atom is 0.222 e. The van der Waals surface area contributed by atoms with Gasteiger partial charge < -0.3 is 12.8 Å². The molecule has 2 heterocycles. The minimum absolute atomic E-state index is 0.787. The zero-order valence-electron chi connectivity index (χ0n) is 9.71. The number of hydrogen-bond donors (Lipinski definition) is 2. The van der Waals surface area contributed by atoms with Crippen LogP contribution in [0.5, 0.6) is 0 Å². The summed E-state index contributed by atoms with van der Waals surface area (Å²) >= 11 is 5.30. The molecule has 6 heteroatoms. The van der Waals surface area contributed by atoms with E-state index >= 15 is 0 Å². The van der Waals surface area contributed by atoms with Crippen LogP contribution in [-0.2, 0) is 12.8 Å². The zero-order chi connectivity index (χ0) is 12.5. The van der Waals surface area contributed by atoms with Crippen molar-refractivity contribution in [3.8, 4) is 0 Å². The molecular formula is C12H11N5S. The molecule has 0 unspecified atom stereocenters. The maximum absolute atomic E-state index is 5.30. The third-order valence-electron chi connectivity index (χ3n) is 2.78. The van der Waals surface area contributed by atoms with Crippen LogP contribution in [0.4, 0.5) is 5.69 Å². The van der Waals surface area contributed by atoms with Crippen LogP contribution in [0.25, 0.3) is 6.08 Å². The van der Waals surface area contributed by atoms with Crippen molar-refractivity contribution in [2.75, 3.05) is 0 Å². The van der Waals surface area contributed by atoms with E-state index < -0.39 is 0 Å². The van der Waals surface area contributed by atoms with E-state index in [1.165, 1.54) is 4.10 Å². The molecule has 0 atom stereocenters. The second-order valence-electron chi connectivity index (χ2n) is 4.02. The number of hydrazone groups is 1. The first-order valence-corrected chi connectivity index (χ1v) is 5.87. The highest BCUT2D eigenvalue weighted by Gasteiger charge is 2.18. The van der Waals surface area contributed by atoms with Gasteiger partial charge in [0.15, 0.2) is 5.70 Å². The van der Waals surface area contributed by atoms with Crippen molar-refractivity contribution in [3.63, 3.8) is 0 Å². The number of hydrogen-bond acceptors (Lipinski definition) is 5. The molecular weight excluding hydrogens is 246 g/mol. The minimum Gasteiger partial charge on any atom is -0.392 e. The minimum atomic E-state index is 0.787. The Morgan fingerprint density at radius 2 is 2.11 bits per heavy atom. The Hall–Kier alpha value is -2.21. The average Bonchev–Trinajstić information content (AvgIpc) is 2.85. The predicted octanol–water partition coefficient (Wildman–Crippen LogP) is 1.97. The summed E-state index contributed by atoms with van der Waals surface area (Å²) in [6.45, 7) is 2.00. The van der Waals surface area contributed by atoms with Crippen molar-refractivity contribution in [3.05, 3.63) is 46.8 Å². The number of azo groups is 1. The highest BCUT2D eigenvalue weighted by molar-refractivity contribution is 7.51. The van der Waals surface area contributed by atoms with Gasteiger partial charge in [0.25, 0.3) is 0 Å². The molecule has 0 saturated heterocycles. The van der Waals surface area contributed by atoms with Gasteiger partial charge in [0.2, 0.25) is 5.69 Å². The first-order chi connectivity index (χ1) is 8.75. The van der Waals surface area contributed by atoms with Crippen molar-refractivity contribution in [1.29, 1.82) is 0 Å². The zero-order valence-corrected chi connectivity index (χ0v) is 10.5. The van der Waals surface area contributed by atoms with E-state index in [1.807, 2.05) is 31.2 Å². The number of nitrogens with zero attached hydrogens (tertiary/aromatic N) is 3. The van der Waals surface area contributed by atoms with Crippen LogP contribution in [0.15, 0.2) is 51.4 Å². The van der Waals surface area contributed by atoms with Gasteiger partial charge in [-0.15, -0.1) is 0 Å². The van der Waals surface area contributed by atoms with Crippen molar-refractivity contribution in [1.82, 2.24) is 11.0 Å². The third kappa shape index (κ3) is 1.76. The average molecular weight is 257 g/mol. The van der Waals surface area contributed by atoms with Crippen molar-refractivity contribution in [2.24, 2.45) is 10.2 Å². The Morgan fingerprint density at radius 3 is 2.89 bits per heavy atom. The number of para-hydroxylation sites is 1. The fourth-order valence-electron chi connectivity index (χ4n) is 1.92. The molecule has 0 saturated carbocycles. The van der Waals surface area contributed by atoms with Crippen molar-refractivity contribution >= 4 is 30.8 Å². The lowest BCUT2D eigenvalue weighted by Crippen LogP contribution is -2.20. The van der Waals surface area contributed by atoms with Crippen LogP contribution in [0.2, 0.25) is 0 Å². The molecule has 1 aromatic rings. The molecule has 5 nitrogen and oxygen atoms in total. The Labute approximate surface area is 110 Å². The summed E-state index contributed by atoms with van der Waals surface area (Å²) in [7, 11) is 0. The summed E-state index contributed by atoms with van der Waals surface area (Å²) < 4.78 is 1.47. The van der Waals surface area contributed by atoms with E-state index in [4.69, 9.17) is 12.8 Å². The summed E-state index contributed by atoms with van der Waals surface area (Å²) in [6.07, 6.45) is 3.76. The molecule has 0 bridgehead atoms. The number of nitrogens with one attached hydrogen (secondary N) is 2. The largest absolute Gasteiger partial charge is 0.392 e. The SMILES string of the molecule is CC1=Cc2ccccc2[N+]([S-])=NC1=C1C=NNN1. The molecule has 0 aromatic heterocycles. The molecule has 0 amide bonds. The number of fused-ring (bicyclic) bond motifs is 1. The van der Waals surface area contributed by atoms with Crippen LogP contribution in [0.3, 0.4) is 0 Å². The van der Waals surface area contributed by atoms with Crippen LogP contribution < -0.4 is 11.0 Å². The highest BCUT2D eigenvalue weighted by atomic mass is 32.1. The van der Waals surface area contributed by atoms with Crippen LogP contribution in [0.1, 0.15) is 12.5 Å². The van der Waals surface area contributed by atoms with Crippen LogP contribution >= 0.6 is 0 Å². The Bertz CT molecular complexity index is 627. The number of rotatable bonds is 0. The summed E-state index contributed by atoms with van der Waals surface area (Å²) in [6, 6.07) is 7.92. The van der Waals surface area contributed by atoms with Gasteiger partial charge in [-0.25, -0.2) is 5.53 Å². The van der Waals surface area contributed by atoms with Gasteiger partial charge in [-0.05, 0) is 29.8 Å². The number of benzene rings is 1. The number of allylic oxidation sites excluding steroid dienone is 2. The molecule has 0 spiro atoms. The molecule has 0 radical (unpaired) electrons. The molecule has 2 aliphatic rings. The smallest absolute Gasteiger partial charge is 0.222 e. The van der Waals surface area contributed by atoms with Gasteiger partial charge in [-0.2, -0.15) is 9.20 Å². The van der Waals surface area contributed by atoms with E-state index in [0.29, 0.717) is 0 Å². The van der Waals surface area contributed by atoms with E-state index in [1.54, 1.807) is 6.21 Å². The highest BCUT2D eigenvalue weighted by Crippen LogP contribution is 2.29. The standard InChI is InChI=1S/C12H11N5S/c1-8-6-9-4-2-3-5-11(9)17(18)15-12(8)10-7-13-16-14-10/h2-7,14,16H,1H3. The van der Waals surface area contributed by atoms with Gasteiger partial charge in [0, 0.05) is 11.6 Å². The van der Waals surface area contributed by atoms with Crippen molar-refractivity contribution < 1.29 is 4.10 Å². The fraction of sp³-hybridized carbons (Fsp3) is 0.0833. The third-order valence-corrected chi connectivity index (χ3v) is 3.06. The quantitative estimate of drug-likeness (QED) is 0.552. The van der Waals surface area contributed by atoms with Gasteiger partial charge in [-0.1, -0.05) is 12.1 Å². The Balaban J connectivity index is 2.22. The summed E-state index contributed by atoms with van der Waals surface area (Å²) in [5.41, 5.74) is 10.2. The second-order valence-corrected chi connectivity index (χ2v) is 4.36. The lowest BCUT2D eigenvalue weighted by molar-refractivity contribution is -0.322. The van der Waals surface area contributed by atoms with Gasteiger partial charge >= 0.3 is 0 Å². The summed E-state index contributed by atoms with van der Waals surface area (Å²) in [4.78, 5) is 0. The fourth-order valence-corrected chi connectivity index (χ4v) is 2.17. The predicted molar refractivity (Wildman–Crippen MR) is 71.6 cm³/mol. The molecule has 18 heavy (non-hydrogen) atoms. The van der Waals surface area contributed by atoms with E-state index in [-0.39, 0.29) is 0 Å². The van der Waals surface area contributed by atoms with E-state index in [9.17, 15) is 0 Å². The summed E-state index contributed by atoms with van der Waals surface area (Å²) in [5, 5.41) is 8.34. The maximum atomic E-state index is 5.30. The van der Waals surface area contributed by atoms with E-state index in [2.05, 4.69) is 27.3 Å². The van der Waals surface area contributed by atoms with Crippen LogP contribution in [-0.4, -0.2) is 10.3 Å². The molecule has 3 rings (SSSR count). The van der Waals surface area contributed by atoms with Gasteiger partial charge in [-0.3, -0.25) is 5.43 Å². The molecule has 0 fully saturated rings.